The Hall–Kier alpha value is -2.66. The maximum Gasteiger partial charge on any atom is 0.251 e. The monoisotopic (exact) mass is 349 g/mol. The van der Waals surface area contributed by atoms with Gasteiger partial charge in [0.05, 0.1) is 11.6 Å². The Kier molecular flexibility index (Phi) is 4.47. The van der Waals surface area contributed by atoms with Gasteiger partial charge < -0.3 is 10.1 Å². The van der Waals surface area contributed by atoms with Crippen molar-refractivity contribution in [2.24, 2.45) is 7.05 Å². The van der Waals surface area contributed by atoms with E-state index in [4.69, 9.17) is 4.74 Å². The van der Waals surface area contributed by atoms with Gasteiger partial charge >= 0.3 is 0 Å². The van der Waals surface area contributed by atoms with E-state index >= 15 is 0 Å². The fourth-order valence-corrected chi connectivity index (χ4v) is 3.58. The molecule has 2 aromatic carbocycles. The highest BCUT2D eigenvalue weighted by molar-refractivity contribution is 5.97. The van der Waals surface area contributed by atoms with E-state index in [9.17, 15) is 4.79 Å². The van der Waals surface area contributed by atoms with Crippen LogP contribution in [0.5, 0.6) is 0 Å². The van der Waals surface area contributed by atoms with E-state index < -0.39 is 0 Å². The number of nitrogens with zero attached hydrogens (tertiary/aromatic N) is 2. The fraction of sp³-hybridized carbons (Fsp3) is 0.333. The van der Waals surface area contributed by atoms with Gasteiger partial charge in [0, 0.05) is 36.7 Å². The minimum absolute atomic E-state index is 0.0610. The topological polar surface area (TPSA) is 56.1 Å². The molecule has 0 bridgehead atoms. The van der Waals surface area contributed by atoms with Crippen LogP contribution in [0, 0.1) is 6.92 Å². The second kappa shape index (κ2) is 6.92. The summed E-state index contributed by atoms with van der Waals surface area (Å²) in [6.45, 7) is 3.47. The average molecular weight is 349 g/mol. The van der Waals surface area contributed by atoms with Crippen molar-refractivity contribution in [3.8, 4) is 11.3 Å². The molecule has 2 heterocycles. The molecule has 134 valence electrons. The lowest BCUT2D eigenvalue weighted by Gasteiger charge is -2.11. The Labute approximate surface area is 153 Å². The van der Waals surface area contributed by atoms with Crippen LogP contribution in [0.2, 0.25) is 0 Å². The highest BCUT2D eigenvalue weighted by Gasteiger charge is 2.17. The molecule has 0 radical (unpaired) electrons. The molecule has 5 heteroatoms. The smallest absolute Gasteiger partial charge is 0.251 e. The number of rotatable bonds is 4. The third-order valence-corrected chi connectivity index (χ3v) is 5.02. The van der Waals surface area contributed by atoms with Gasteiger partial charge in [-0.15, -0.1) is 0 Å². The molecule has 0 unspecified atom stereocenters. The second-order valence-electron chi connectivity index (χ2n) is 6.86. The summed E-state index contributed by atoms with van der Waals surface area (Å²) in [4.78, 5) is 12.3. The number of hydrogen-bond donors (Lipinski definition) is 1. The molecule has 1 atom stereocenters. The molecule has 0 saturated carbocycles. The number of amides is 1. The molecule has 1 amide bonds. The Morgan fingerprint density at radius 2 is 2.08 bits per heavy atom. The summed E-state index contributed by atoms with van der Waals surface area (Å²) in [5.74, 6) is -0.0610. The third kappa shape index (κ3) is 3.10. The Balaban J connectivity index is 1.55. The molecule has 26 heavy (non-hydrogen) atoms. The van der Waals surface area contributed by atoms with Crippen LogP contribution in [-0.4, -0.2) is 34.9 Å². The van der Waals surface area contributed by atoms with Gasteiger partial charge in [0.25, 0.3) is 5.91 Å². The molecule has 0 spiro atoms. The van der Waals surface area contributed by atoms with Crippen molar-refractivity contribution in [3.63, 3.8) is 0 Å². The first-order chi connectivity index (χ1) is 12.6. The van der Waals surface area contributed by atoms with Crippen molar-refractivity contribution in [2.75, 3.05) is 13.2 Å². The second-order valence-corrected chi connectivity index (χ2v) is 6.86. The Bertz CT molecular complexity index is 938. The standard InChI is InChI=1S/C21H23N3O2/c1-14-5-3-7-18-19(14)20(23-24(18)2)15-8-10-16(11-9-15)21(25)22-13-17-6-4-12-26-17/h3,5,7-11,17H,4,6,12-13H2,1-2H3,(H,22,25)/t17-/m0/s1. The summed E-state index contributed by atoms with van der Waals surface area (Å²) >= 11 is 0. The number of hydrogen-bond acceptors (Lipinski definition) is 3. The lowest BCUT2D eigenvalue weighted by molar-refractivity contribution is 0.0858. The number of aryl methyl sites for hydroxylation is 2. The summed E-state index contributed by atoms with van der Waals surface area (Å²) < 4.78 is 7.45. The minimum atomic E-state index is -0.0610. The van der Waals surface area contributed by atoms with Gasteiger partial charge in [-0.1, -0.05) is 24.3 Å². The number of ether oxygens (including phenoxy) is 1. The first-order valence-corrected chi connectivity index (χ1v) is 9.06. The van der Waals surface area contributed by atoms with Crippen LogP contribution in [0.15, 0.2) is 42.5 Å². The number of carbonyl (C=O) groups excluding carboxylic acids is 1. The van der Waals surface area contributed by atoms with Gasteiger partial charge in [0.1, 0.15) is 5.69 Å². The van der Waals surface area contributed by atoms with Gasteiger partial charge in [0.15, 0.2) is 0 Å². The molecular formula is C21H23N3O2. The number of aromatic nitrogens is 2. The van der Waals surface area contributed by atoms with Crippen molar-refractivity contribution in [3.05, 3.63) is 53.6 Å². The van der Waals surface area contributed by atoms with Crippen LogP contribution in [0.3, 0.4) is 0 Å². The van der Waals surface area contributed by atoms with E-state index in [1.54, 1.807) is 0 Å². The van der Waals surface area contributed by atoms with Gasteiger partial charge in [-0.05, 0) is 43.5 Å². The van der Waals surface area contributed by atoms with E-state index in [-0.39, 0.29) is 12.0 Å². The van der Waals surface area contributed by atoms with Crippen LogP contribution in [0.25, 0.3) is 22.2 Å². The van der Waals surface area contributed by atoms with E-state index in [1.165, 1.54) is 5.56 Å². The molecule has 1 N–H and O–H groups in total. The molecule has 0 aliphatic carbocycles. The zero-order chi connectivity index (χ0) is 18.1. The van der Waals surface area contributed by atoms with E-state index in [2.05, 4.69) is 29.5 Å². The predicted octanol–water partition coefficient (Wildman–Crippen LogP) is 3.46. The molecule has 1 aromatic heterocycles. The van der Waals surface area contributed by atoms with E-state index in [0.29, 0.717) is 12.1 Å². The van der Waals surface area contributed by atoms with Crippen molar-refractivity contribution in [1.29, 1.82) is 0 Å². The fourth-order valence-electron chi connectivity index (χ4n) is 3.58. The number of benzene rings is 2. The summed E-state index contributed by atoms with van der Waals surface area (Å²) in [6.07, 6.45) is 2.25. The largest absolute Gasteiger partial charge is 0.376 e. The van der Waals surface area contributed by atoms with Gasteiger partial charge in [-0.2, -0.15) is 5.10 Å². The van der Waals surface area contributed by atoms with Crippen molar-refractivity contribution >= 4 is 16.8 Å². The summed E-state index contributed by atoms with van der Waals surface area (Å²) in [5, 5.41) is 8.80. The van der Waals surface area contributed by atoms with Gasteiger partial charge in [-0.25, -0.2) is 0 Å². The predicted molar refractivity (Wildman–Crippen MR) is 102 cm³/mol. The van der Waals surface area contributed by atoms with Gasteiger partial charge in [-0.3, -0.25) is 9.48 Å². The molecule has 1 saturated heterocycles. The first-order valence-electron chi connectivity index (χ1n) is 9.06. The summed E-state index contributed by atoms with van der Waals surface area (Å²) in [6, 6.07) is 13.9. The Morgan fingerprint density at radius 3 is 2.81 bits per heavy atom. The van der Waals surface area contributed by atoms with Gasteiger partial charge in [0.2, 0.25) is 0 Å². The van der Waals surface area contributed by atoms with Crippen LogP contribution in [0.4, 0.5) is 0 Å². The van der Waals surface area contributed by atoms with Crippen molar-refractivity contribution < 1.29 is 9.53 Å². The lowest BCUT2D eigenvalue weighted by Crippen LogP contribution is -2.31. The lowest BCUT2D eigenvalue weighted by atomic mass is 10.0. The highest BCUT2D eigenvalue weighted by atomic mass is 16.5. The maximum atomic E-state index is 12.3. The SMILES string of the molecule is Cc1cccc2c1c(-c1ccc(C(=O)NC[C@@H]3CCCO3)cc1)nn2C. The number of nitrogens with one attached hydrogen (secondary N) is 1. The van der Waals surface area contributed by atoms with Crippen LogP contribution < -0.4 is 5.32 Å². The van der Waals surface area contributed by atoms with Crippen molar-refractivity contribution in [2.45, 2.75) is 25.9 Å². The molecule has 1 aliphatic rings. The molecule has 1 fully saturated rings. The quantitative estimate of drug-likeness (QED) is 0.785. The Morgan fingerprint density at radius 1 is 1.27 bits per heavy atom. The van der Waals surface area contributed by atoms with Crippen LogP contribution in [0.1, 0.15) is 28.8 Å². The first kappa shape index (κ1) is 16.8. The maximum absolute atomic E-state index is 12.3. The number of carbonyl (C=O) groups is 1. The summed E-state index contributed by atoms with van der Waals surface area (Å²) in [5.41, 5.74) is 4.93. The number of fused-ring (bicyclic) bond motifs is 1. The van der Waals surface area contributed by atoms with E-state index in [1.807, 2.05) is 42.1 Å². The van der Waals surface area contributed by atoms with Crippen LogP contribution in [-0.2, 0) is 11.8 Å². The summed E-state index contributed by atoms with van der Waals surface area (Å²) in [7, 11) is 1.96. The average Bonchev–Trinajstić information content (AvgIpc) is 3.29. The molecule has 4 rings (SSSR count). The van der Waals surface area contributed by atoms with Crippen LogP contribution >= 0.6 is 0 Å². The third-order valence-electron chi connectivity index (χ3n) is 5.02. The molecular weight excluding hydrogens is 326 g/mol. The minimum Gasteiger partial charge on any atom is -0.376 e. The zero-order valence-corrected chi connectivity index (χ0v) is 15.2. The van der Waals surface area contributed by atoms with E-state index in [0.717, 1.165) is 41.6 Å². The zero-order valence-electron chi connectivity index (χ0n) is 15.2. The normalized spacial score (nSPS) is 16.9. The van der Waals surface area contributed by atoms with Crippen molar-refractivity contribution in [1.82, 2.24) is 15.1 Å². The highest BCUT2D eigenvalue weighted by Crippen LogP contribution is 2.30. The molecule has 5 nitrogen and oxygen atoms in total. The molecule has 3 aromatic rings. The molecule has 1 aliphatic heterocycles.